The molecule has 1 aliphatic carbocycles. The Bertz CT molecular complexity index is 706. The molecule has 1 N–H and O–H groups in total. The van der Waals surface area contributed by atoms with Gasteiger partial charge in [0.25, 0.3) is 0 Å². The van der Waals surface area contributed by atoms with Crippen LogP contribution in [0, 0.1) is 5.82 Å². The van der Waals surface area contributed by atoms with E-state index in [1.54, 1.807) is 0 Å². The average Bonchev–Trinajstić information content (AvgIpc) is 2.52. The molecule has 1 aromatic carbocycles. The Morgan fingerprint density at radius 3 is 2.35 bits per heavy atom. The van der Waals surface area contributed by atoms with Crippen molar-refractivity contribution in [1.29, 1.82) is 0 Å². The normalized spacial score (nSPS) is 18.4. The van der Waals surface area contributed by atoms with Crippen LogP contribution in [0.15, 0.2) is 30.0 Å². The third kappa shape index (κ3) is 4.91. The van der Waals surface area contributed by atoms with Crippen molar-refractivity contribution in [3.63, 3.8) is 0 Å². The number of ketones is 2. The molecular formula is C18H20F4N2O2. The highest BCUT2D eigenvalue weighted by Crippen LogP contribution is 2.36. The Hall–Kier alpha value is -2.22. The van der Waals surface area contributed by atoms with Gasteiger partial charge < -0.3 is 10.2 Å². The van der Waals surface area contributed by atoms with E-state index in [1.807, 2.05) is 19.0 Å². The fraction of sp³-hybridized carbons (Fsp3) is 0.444. The molecule has 0 heterocycles. The van der Waals surface area contributed by atoms with Gasteiger partial charge in [0.15, 0.2) is 11.6 Å². The second kappa shape index (κ2) is 7.99. The summed E-state index contributed by atoms with van der Waals surface area (Å²) in [7, 11) is 3.75. The molecule has 1 aromatic rings. The van der Waals surface area contributed by atoms with Crippen molar-refractivity contribution >= 4 is 11.6 Å². The highest BCUT2D eigenvalue weighted by Gasteiger charge is 2.35. The minimum absolute atomic E-state index is 0.0209. The number of nitrogens with zero attached hydrogens (tertiary/aromatic N) is 1. The Balaban J connectivity index is 2.15. The Kier molecular flexibility index (Phi) is 6.17. The molecular weight excluding hydrogens is 352 g/mol. The minimum Gasteiger partial charge on any atom is -0.389 e. The summed E-state index contributed by atoms with van der Waals surface area (Å²) in [4.78, 5) is 26.4. The molecule has 0 aromatic heterocycles. The highest BCUT2D eigenvalue weighted by atomic mass is 19.4. The number of carbonyl (C=O) groups is 2. The molecule has 0 aliphatic heterocycles. The number of hydrogen-bond donors (Lipinski definition) is 1. The van der Waals surface area contributed by atoms with Crippen LogP contribution in [0.2, 0.25) is 0 Å². The lowest BCUT2D eigenvalue weighted by Crippen LogP contribution is -2.29. The van der Waals surface area contributed by atoms with Gasteiger partial charge in [0.2, 0.25) is 0 Å². The third-order valence-corrected chi connectivity index (χ3v) is 4.18. The van der Waals surface area contributed by atoms with Gasteiger partial charge in [0.1, 0.15) is 5.82 Å². The van der Waals surface area contributed by atoms with E-state index in [4.69, 9.17) is 0 Å². The van der Waals surface area contributed by atoms with E-state index in [0.717, 1.165) is 6.07 Å². The molecule has 1 fully saturated rings. The lowest BCUT2D eigenvalue weighted by molar-refractivity contribution is -0.137. The van der Waals surface area contributed by atoms with Crippen LogP contribution in [0.3, 0.4) is 0 Å². The first-order valence-corrected chi connectivity index (χ1v) is 8.11. The summed E-state index contributed by atoms with van der Waals surface area (Å²) in [5.41, 5.74) is -1.27. The number of alkyl halides is 3. The second-order valence-corrected chi connectivity index (χ2v) is 6.50. The Morgan fingerprint density at radius 1 is 1.19 bits per heavy atom. The highest BCUT2D eigenvalue weighted by molar-refractivity contribution is 6.22. The number of nitrogens with one attached hydrogen (secondary N) is 1. The predicted molar refractivity (Wildman–Crippen MR) is 88.0 cm³/mol. The maximum absolute atomic E-state index is 14.0. The van der Waals surface area contributed by atoms with Crippen LogP contribution in [-0.2, 0) is 15.8 Å². The van der Waals surface area contributed by atoms with Crippen LogP contribution in [0.4, 0.5) is 17.6 Å². The molecule has 0 amide bonds. The zero-order chi connectivity index (χ0) is 19.5. The van der Waals surface area contributed by atoms with Crippen LogP contribution in [0.25, 0.3) is 0 Å². The van der Waals surface area contributed by atoms with Crippen molar-refractivity contribution in [3.05, 3.63) is 46.9 Å². The van der Waals surface area contributed by atoms with Crippen molar-refractivity contribution in [2.45, 2.75) is 24.9 Å². The molecule has 1 aliphatic rings. The number of allylic oxidation sites excluding steroid dienone is 1. The first kappa shape index (κ1) is 20.1. The van der Waals surface area contributed by atoms with E-state index in [-0.39, 0.29) is 24.0 Å². The zero-order valence-corrected chi connectivity index (χ0v) is 14.5. The van der Waals surface area contributed by atoms with E-state index < -0.39 is 35.0 Å². The van der Waals surface area contributed by atoms with Crippen LogP contribution < -0.4 is 5.32 Å². The molecule has 0 unspecified atom stereocenters. The van der Waals surface area contributed by atoms with E-state index in [2.05, 4.69) is 5.32 Å². The standard InChI is InChI=1S/C18H20F4N2O2/c1-24(2)6-5-23-10-14-16(25)7-11(8-17(14)26)13-9-12(18(20,21)22)3-4-15(13)19/h3-4,9-11,23H,5-8H2,1-2H3. The predicted octanol–water partition coefficient (Wildman–Crippen LogP) is 2.90. The van der Waals surface area contributed by atoms with E-state index >= 15 is 0 Å². The Labute approximate surface area is 148 Å². The summed E-state index contributed by atoms with van der Waals surface area (Å²) in [5.74, 6) is -2.74. The monoisotopic (exact) mass is 372 g/mol. The smallest absolute Gasteiger partial charge is 0.389 e. The first-order valence-electron chi connectivity index (χ1n) is 8.11. The number of likely N-dealkylation sites (N-methyl/N-ethyl adjacent to an activating group) is 1. The molecule has 0 spiro atoms. The quantitative estimate of drug-likeness (QED) is 0.374. The van der Waals surface area contributed by atoms with Gasteiger partial charge in [-0.25, -0.2) is 4.39 Å². The fourth-order valence-electron chi connectivity index (χ4n) is 2.77. The van der Waals surface area contributed by atoms with Gasteiger partial charge in [-0.3, -0.25) is 9.59 Å². The summed E-state index contributed by atoms with van der Waals surface area (Å²) >= 11 is 0. The van der Waals surface area contributed by atoms with Crippen molar-refractivity contribution in [2.24, 2.45) is 0 Å². The maximum Gasteiger partial charge on any atom is 0.416 e. The first-order chi connectivity index (χ1) is 12.1. The van der Waals surface area contributed by atoms with Gasteiger partial charge in [-0.05, 0) is 37.9 Å². The molecule has 0 radical (unpaired) electrons. The van der Waals surface area contributed by atoms with Crippen molar-refractivity contribution < 1.29 is 27.2 Å². The Morgan fingerprint density at radius 2 is 1.81 bits per heavy atom. The van der Waals surface area contributed by atoms with Crippen LogP contribution >= 0.6 is 0 Å². The van der Waals surface area contributed by atoms with Crippen LogP contribution in [0.5, 0.6) is 0 Å². The number of rotatable bonds is 5. The van der Waals surface area contributed by atoms with Gasteiger partial charge >= 0.3 is 6.18 Å². The van der Waals surface area contributed by atoms with Crippen LogP contribution in [-0.4, -0.2) is 43.7 Å². The van der Waals surface area contributed by atoms with Crippen molar-refractivity contribution in [1.82, 2.24) is 10.2 Å². The lowest BCUT2D eigenvalue weighted by Gasteiger charge is -2.23. The molecule has 0 bridgehead atoms. The molecule has 2 rings (SSSR count). The summed E-state index contributed by atoms with van der Waals surface area (Å²) in [6, 6.07) is 2.05. The number of carbonyl (C=O) groups excluding carboxylic acids is 2. The summed E-state index contributed by atoms with van der Waals surface area (Å²) in [6.45, 7) is 1.23. The van der Waals surface area contributed by atoms with Crippen molar-refractivity contribution in [3.8, 4) is 0 Å². The molecule has 4 nitrogen and oxygen atoms in total. The van der Waals surface area contributed by atoms with Crippen molar-refractivity contribution in [2.75, 3.05) is 27.2 Å². The number of halogens is 4. The number of benzene rings is 1. The summed E-state index contributed by atoms with van der Waals surface area (Å²) in [6.07, 6.45) is -3.68. The number of hydrogen-bond acceptors (Lipinski definition) is 4. The van der Waals surface area contributed by atoms with Gasteiger partial charge in [0, 0.05) is 38.0 Å². The average molecular weight is 372 g/mol. The van der Waals surface area contributed by atoms with Gasteiger partial charge in [-0.2, -0.15) is 13.2 Å². The maximum atomic E-state index is 14.0. The molecule has 0 atom stereocenters. The topological polar surface area (TPSA) is 49.4 Å². The molecule has 8 heteroatoms. The van der Waals surface area contributed by atoms with Crippen LogP contribution in [0.1, 0.15) is 29.9 Å². The van der Waals surface area contributed by atoms with E-state index in [9.17, 15) is 27.2 Å². The summed E-state index contributed by atoms with van der Waals surface area (Å²) in [5, 5.41) is 2.87. The molecule has 0 saturated heterocycles. The van der Waals surface area contributed by atoms with Gasteiger partial charge in [-0.15, -0.1) is 0 Å². The SMILES string of the molecule is CN(C)CCNC=C1C(=O)CC(c2cc(C(F)(F)F)ccc2F)CC1=O. The number of Topliss-reactive ketones (excluding diaryl/α,β-unsaturated/α-hetero) is 2. The van der Waals surface area contributed by atoms with E-state index in [0.29, 0.717) is 25.2 Å². The molecule has 142 valence electrons. The van der Waals surface area contributed by atoms with Gasteiger partial charge in [0.05, 0.1) is 11.1 Å². The molecule has 1 saturated carbocycles. The summed E-state index contributed by atoms with van der Waals surface area (Å²) < 4.78 is 52.5. The molecule has 26 heavy (non-hydrogen) atoms. The third-order valence-electron chi connectivity index (χ3n) is 4.18. The minimum atomic E-state index is -4.62. The zero-order valence-electron chi connectivity index (χ0n) is 14.5. The second-order valence-electron chi connectivity index (χ2n) is 6.50. The fourth-order valence-corrected chi connectivity index (χ4v) is 2.77. The largest absolute Gasteiger partial charge is 0.416 e. The lowest BCUT2D eigenvalue weighted by atomic mass is 9.79. The van der Waals surface area contributed by atoms with E-state index in [1.165, 1.54) is 6.20 Å². The van der Waals surface area contributed by atoms with Gasteiger partial charge in [-0.1, -0.05) is 0 Å².